The van der Waals surface area contributed by atoms with Crippen molar-refractivity contribution < 1.29 is 38.3 Å². The largest absolute Gasteiger partial charge is 0.445 e. The molecule has 2 aliphatic rings. The summed E-state index contributed by atoms with van der Waals surface area (Å²) < 4.78 is 21.0. The van der Waals surface area contributed by atoms with Crippen molar-refractivity contribution in [2.24, 2.45) is 35.5 Å². The molecule has 2 saturated heterocycles. The fourth-order valence-corrected chi connectivity index (χ4v) is 9.74. The Labute approximate surface area is 375 Å². The molecule has 0 bridgehead atoms. The fraction of sp³-hybridized carbons (Fsp3) is 0.627. The number of nitrogens with one attached hydrogen (secondary N) is 2. The summed E-state index contributed by atoms with van der Waals surface area (Å²) in [6.07, 6.45) is 4.73. The molecule has 0 saturated carbocycles. The Morgan fingerprint density at radius 1 is 0.905 bits per heavy atom. The van der Waals surface area contributed by atoms with Crippen LogP contribution < -0.4 is 10.6 Å². The Balaban J connectivity index is 1.48. The number of hydrogen-bond donors (Lipinski definition) is 3. The number of ketones is 2. The van der Waals surface area contributed by atoms with E-state index in [2.05, 4.69) is 10.6 Å². The van der Waals surface area contributed by atoms with Gasteiger partial charge in [-0.3, -0.25) is 19.2 Å². The maximum atomic E-state index is 15.7. The van der Waals surface area contributed by atoms with Gasteiger partial charge in [-0.2, -0.15) is 5.06 Å². The van der Waals surface area contributed by atoms with Crippen LogP contribution in [0.3, 0.4) is 0 Å². The smallest absolute Gasteiger partial charge is 0.407 e. The van der Waals surface area contributed by atoms with Gasteiger partial charge in [-0.25, -0.2) is 9.18 Å². The number of benzene rings is 2. The van der Waals surface area contributed by atoms with Gasteiger partial charge in [0, 0.05) is 48.8 Å². The second-order valence-corrected chi connectivity index (χ2v) is 20.2. The average Bonchev–Trinajstić information content (AvgIpc) is 3.72. The normalized spacial score (nSPS) is 19.9. The van der Waals surface area contributed by atoms with Gasteiger partial charge in [0.1, 0.15) is 6.61 Å². The molecule has 11 nitrogen and oxygen atoms in total. The summed E-state index contributed by atoms with van der Waals surface area (Å²) in [4.78, 5) is 71.1. The first-order chi connectivity index (χ1) is 29.7. The van der Waals surface area contributed by atoms with E-state index in [4.69, 9.17) is 4.74 Å². The first-order valence-corrected chi connectivity index (χ1v) is 23.2. The van der Waals surface area contributed by atoms with Gasteiger partial charge in [0.2, 0.25) is 11.8 Å². The molecule has 4 rings (SSSR count). The summed E-state index contributed by atoms with van der Waals surface area (Å²) in [5.74, 6) is -3.37. The van der Waals surface area contributed by atoms with E-state index in [-0.39, 0.29) is 79.4 Å². The number of nitrogens with zero attached hydrogens (tertiary/aromatic N) is 2. The van der Waals surface area contributed by atoms with Crippen LogP contribution in [0.15, 0.2) is 72.6 Å². The van der Waals surface area contributed by atoms with Crippen LogP contribution in [0.5, 0.6) is 0 Å². The van der Waals surface area contributed by atoms with Crippen molar-refractivity contribution >= 4 is 29.5 Å². The monoisotopic (exact) mass is 875 g/mol. The number of Topliss-reactive ketones (excluding diaryl/α,β-unsaturated/α-hetero) is 2. The number of halogens is 1. The molecule has 5 atom stereocenters. The molecule has 0 spiro atoms. The molecule has 2 heterocycles. The van der Waals surface area contributed by atoms with E-state index >= 15 is 4.39 Å². The molecule has 2 aromatic carbocycles. The predicted molar refractivity (Wildman–Crippen MR) is 244 cm³/mol. The number of ether oxygens (including phenoxy) is 1. The topological polar surface area (TPSA) is 145 Å². The number of piperidine rings is 1. The molecule has 2 aromatic rings. The number of carbonyl (C=O) groups is 5. The first-order valence-electron chi connectivity index (χ1n) is 23.2. The maximum Gasteiger partial charge on any atom is 0.407 e. The minimum Gasteiger partial charge on any atom is -0.445 e. The van der Waals surface area contributed by atoms with E-state index in [0.717, 1.165) is 11.1 Å². The summed E-state index contributed by atoms with van der Waals surface area (Å²) in [5, 5.41) is 18.0. The van der Waals surface area contributed by atoms with Crippen molar-refractivity contribution in [3.8, 4) is 0 Å². The van der Waals surface area contributed by atoms with Crippen LogP contribution in [0.4, 0.5) is 9.18 Å². The van der Waals surface area contributed by atoms with Gasteiger partial charge >= 0.3 is 6.09 Å². The SMILES string of the molecule is CC(C)C[C@H](C)/C(F)=C/[C@H](Cc1ccccc1)C(=O)N1CCC[C@H]1C(=O)C[C@H](C(=O)N[C@@H](CCCNC(=O)OCc1ccccc1)C(=O)CC1CC(C)(C)N(O)C(C)(C)C1)C(C)C. The van der Waals surface area contributed by atoms with Gasteiger partial charge in [0.05, 0.1) is 23.8 Å². The molecule has 2 fully saturated rings. The van der Waals surface area contributed by atoms with Gasteiger partial charge in [-0.05, 0) is 114 Å². The molecule has 0 aromatic heterocycles. The number of alkyl carbamates (subject to hydrolysis) is 1. The third-order valence-corrected chi connectivity index (χ3v) is 12.8. The Hall–Kier alpha value is -4.42. The average molecular weight is 875 g/mol. The van der Waals surface area contributed by atoms with Crippen LogP contribution in [0.1, 0.15) is 131 Å². The highest BCUT2D eigenvalue weighted by Crippen LogP contribution is 2.41. The van der Waals surface area contributed by atoms with Crippen LogP contribution in [0.25, 0.3) is 0 Å². The second-order valence-electron chi connectivity index (χ2n) is 20.2. The number of likely N-dealkylation sites (tertiary alicyclic amines) is 1. The lowest BCUT2D eigenvalue weighted by Gasteiger charge is -2.51. The van der Waals surface area contributed by atoms with Crippen LogP contribution in [0.2, 0.25) is 0 Å². The maximum absolute atomic E-state index is 15.7. The molecule has 348 valence electrons. The van der Waals surface area contributed by atoms with E-state index in [0.29, 0.717) is 51.5 Å². The Morgan fingerprint density at radius 3 is 2.10 bits per heavy atom. The van der Waals surface area contributed by atoms with E-state index in [9.17, 15) is 29.2 Å². The van der Waals surface area contributed by atoms with Crippen LogP contribution in [-0.4, -0.2) is 80.9 Å². The first kappa shape index (κ1) is 51.2. The molecular formula is C51H75FN4O7. The molecular weight excluding hydrogens is 800 g/mol. The van der Waals surface area contributed by atoms with Gasteiger partial charge in [0.25, 0.3) is 0 Å². The second kappa shape index (κ2) is 23.5. The highest BCUT2D eigenvalue weighted by Gasteiger charge is 2.46. The quantitative estimate of drug-likeness (QED) is 0.0993. The van der Waals surface area contributed by atoms with E-state index in [1.54, 1.807) is 4.90 Å². The molecule has 12 heteroatoms. The lowest BCUT2D eigenvalue weighted by atomic mass is 9.73. The Bertz CT molecular complexity index is 1830. The Morgan fingerprint density at radius 2 is 1.51 bits per heavy atom. The summed E-state index contributed by atoms with van der Waals surface area (Å²) in [5.41, 5.74) is 0.620. The summed E-state index contributed by atoms with van der Waals surface area (Å²) in [6, 6.07) is 17.2. The van der Waals surface area contributed by atoms with E-state index in [1.165, 1.54) is 11.1 Å². The van der Waals surface area contributed by atoms with Crippen molar-refractivity contribution in [1.29, 1.82) is 0 Å². The number of rotatable bonds is 22. The van der Waals surface area contributed by atoms with Crippen molar-refractivity contribution in [1.82, 2.24) is 20.6 Å². The summed E-state index contributed by atoms with van der Waals surface area (Å²) in [6.45, 7) is 18.1. The minimum absolute atomic E-state index is 0.0443. The zero-order valence-corrected chi connectivity index (χ0v) is 39.3. The summed E-state index contributed by atoms with van der Waals surface area (Å²) in [7, 11) is 0. The predicted octanol–water partition coefficient (Wildman–Crippen LogP) is 9.41. The minimum atomic E-state index is -0.877. The number of hydroxylamine groups is 2. The molecule has 3 amide bonds. The van der Waals surface area contributed by atoms with E-state index in [1.807, 2.05) is 123 Å². The van der Waals surface area contributed by atoms with Gasteiger partial charge in [-0.15, -0.1) is 0 Å². The number of carbonyl (C=O) groups excluding carboxylic acids is 5. The van der Waals surface area contributed by atoms with Crippen molar-refractivity contribution in [2.45, 2.75) is 156 Å². The lowest BCUT2D eigenvalue weighted by Crippen LogP contribution is -2.59. The van der Waals surface area contributed by atoms with Gasteiger partial charge in [0.15, 0.2) is 11.6 Å². The fourth-order valence-electron chi connectivity index (χ4n) is 9.74. The Kier molecular flexibility index (Phi) is 19.1. The third kappa shape index (κ3) is 15.4. The van der Waals surface area contributed by atoms with Crippen molar-refractivity contribution in [3.63, 3.8) is 0 Å². The number of hydrogen-bond acceptors (Lipinski definition) is 8. The molecule has 0 aliphatic carbocycles. The third-order valence-electron chi connectivity index (χ3n) is 12.8. The standard InChI is InChI=1S/C51H75FN4O7/c1-34(2)26-36(5)42(52)29-40(27-37-18-12-10-13-19-37)48(60)55-25-17-23-44(55)46(58)30-41(35(3)4)47(59)54-43(22-16-24-53-49(61)63-33-38-20-14-11-15-21-38)45(57)28-39-31-50(6,7)56(62)51(8,9)32-39/h10-15,18-21,29,34-36,39-41,43-44,62H,16-17,22-28,30-33H2,1-9H3,(H,53,61)(H,54,59)/b42-29-/t36-,40-,41-,43-,44-/m0/s1. The molecule has 3 N–H and O–H groups in total. The number of amides is 3. The molecule has 0 radical (unpaired) electrons. The van der Waals surface area contributed by atoms with Crippen LogP contribution >= 0.6 is 0 Å². The number of allylic oxidation sites excluding steroid dienone is 1. The lowest BCUT2D eigenvalue weighted by molar-refractivity contribution is -0.251. The van der Waals surface area contributed by atoms with Gasteiger partial charge in [-0.1, -0.05) is 95.3 Å². The van der Waals surface area contributed by atoms with Crippen molar-refractivity contribution in [3.05, 3.63) is 83.7 Å². The zero-order chi connectivity index (χ0) is 46.5. The highest BCUT2D eigenvalue weighted by molar-refractivity contribution is 5.95. The summed E-state index contributed by atoms with van der Waals surface area (Å²) >= 11 is 0. The molecule has 63 heavy (non-hydrogen) atoms. The molecule has 2 aliphatic heterocycles. The zero-order valence-electron chi connectivity index (χ0n) is 39.3. The van der Waals surface area contributed by atoms with Crippen LogP contribution in [0, 0.1) is 35.5 Å². The van der Waals surface area contributed by atoms with Crippen molar-refractivity contribution in [2.75, 3.05) is 13.1 Å². The highest BCUT2D eigenvalue weighted by atomic mass is 19.1. The molecule has 0 unspecified atom stereocenters. The van der Waals surface area contributed by atoms with Crippen LogP contribution in [-0.2, 0) is 36.9 Å². The van der Waals surface area contributed by atoms with E-state index < -0.39 is 47.0 Å². The van der Waals surface area contributed by atoms with Gasteiger partial charge < -0.3 is 25.5 Å².